The Morgan fingerprint density at radius 1 is 0.820 bits per heavy atom. The number of carbonyl (C=O) groups is 2. The number of rotatable bonds is 16. The van der Waals surface area contributed by atoms with E-state index in [1.165, 1.54) is 0 Å². The van der Waals surface area contributed by atoms with E-state index in [0.29, 0.717) is 24.9 Å². The topological polar surface area (TPSA) is 122 Å². The van der Waals surface area contributed by atoms with Gasteiger partial charge in [-0.1, -0.05) is 83.1 Å². The molecule has 0 radical (unpaired) electrons. The van der Waals surface area contributed by atoms with Gasteiger partial charge >= 0.3 is 0 Å². The van der Waals surface area contributed by atoms with Crippen molar-refractivity contribution in [1.29, 1.82) is 0 Å². The predicted octanol–water partition coefficient (Wildman–Crippen LogP) is 6.80. The van der Waals surface area contributed by atoms with Crippen LogP contribution in [0.25, 0.3) is 33.6 Å². The van der Waals surface area contributed by atoms with Crippen molar-refractivity contribution in [3.8, 4) is 33.6 Å². The van der Waals surface area contributed by atoms with Crippen molar-refractivity contribution in [2.75, 3.05) is 27.2 Å². The molecular formula is C40H56N8O2. The first kappa shape index (κ1) is 37.0. The van der Waals surface area contributed by atoms with Gasteiger partial charge in [-0.15, -0.1) is 0 Å². The van der Waals surface area contributed by atoms with Crippen LogP contribution in [-0.4, -0.2) is 80.8 Å². The second-order valence-electron chi connectivity index (χ2n) is 14.5. The zero-order chi connectivity index (χ0) is 35.8. The van der Waals surface area contributed by atoms with Gasteiger partial charge in [-0.05, 0) is 80.3 Å². The summed E-state index contributed by atoms with van der Waals surface area (Å²) in [4.78, 5) is 46.9. The van der Waals surface area contributed by atoms with Gasteiger partial charge in [0.2, 0.25) is 11.8 Å². The summed E-state index contributed by atoms with van der Waals surface area (Å²) in [6.45, 7) is 12.6. The normalized spacial score (nSPS) is 15.9. The number of hydrogen-bond acceptors (Lipinski definition) is 6. The Morgan fingerprint density at radius 3 is 1.92 bits per heavy atom. The summed E-state index contributed by atoms with van der Waals surface area (Å²) in [6.07, 6.45) is 8.13. The molecule has 268 valence electrons. The fourth-order valence-corrected chi connectivity index (χ4v) is 7.01. The Labute approximate surface area is 297 Å². The standard InChI is InChI=1S/C40H56N8O2/c1-8-19-47(39(49)32(41-6)21-26(2)3)25-37-43-23-34(45-37)30-15-11-28(12-16-30)29-13-17-31(18-14-29)35-24-44-38(46-35)36-10-9-20-48(36)40(50)33(42-7)22-27(4)5/h11-18,23-24,26-27,32-33,36,41-42H,8-10,19-22,25H2,1-7H3,(H,43,45)(H,44,46)/t32-,33-,36-/m0/s1. The Balaban J connectivity index is 1.23. The Kier molecular flexibility index (Phi) is 12.6. The number of nitrogens with one attached hydrogen (secondary N) is 4. The minimum absolute atomic E-state index is 0.0267. The molecule has 0 spiro atoms. The van der Waals surface area contributed by atoms with Gasteiger partial charge in [-0.25, -0.2) is 9.97 Å². The van der Waals surface area contributed by atoms with E-state index in [0.717, 1.165) is 83.9 Å². The molecule has 1 fully saturated rings. The maximum atomic E-state index is 13.4. The Bertz CT molecular complexity index is 1670. The van der Waals surface area contributed by atoms with Crippen molar-refractivity contribution in [3.63, 3.8) is 0 Å². The van der Waals surface area contributed by atoms with Crippen LogP contribution >= 0.6 is 0 Å². The summed E-state index contributed by atoms with van der Waals surface area (Å²) in [7, 11) is 3.73. The molecule has 2 aromatic carbocycles. The molecule has 4 aromatic rings. The number of amides is 2. The van der Waals surface area contributed by atoms with Crippen molar-refractivity contribution in [1.82, 2.24) is 40.4 Å². The molecule has 2 aromatic heterocycles. The summed E-state index contributed by atoms with van der Waals surface area (Å²) >= 11 is 0. The van der Waals surface area contributed by atoms with Crippen LogP contribution in [0.4, 0.5) is 0 Å². The summed E-state index contributed by atoms with van der Waals surface area (Å²) in [5.41, 5.74) is 6.21. The van der Waals surface area contributed by atoms with E-state index in [1.807, 2.05) is 36.3 Å². The Hall–Kier alpha value is -4.28. The average molecular weight is 681 g/mol. The molecule has 0 bridgehead atoms. The van der Waals surface area contributed by atoms with Gasteiger partial charge in [0.1, 0.15) is 11.6 Å². The number of nitrogens with zero attached hydrogens (tertiary/aromatic N) is 4. The van der Waals surface area contributed by atoms with Crippen molar-refractivity contribution in [2.24, 2.45) is 11.8 Å². The van der Waals surface area contributed by atoms with Crippen LogP contribution in [0, 0.1) is 11.8 Å². The number of H-pyrrole nitrogens is 2. The lowest BCUT2D eigenvalue weighted by Crippen LogP contribution is -2.46. The minimum atomic E-state index is -0.194. The number of benzene rings is 2. The van der Waals surface area contributed by atoms with Gasteiger partial charge in [-0.2, -0.15) is 0 Å². The number of imidazole rings is 2. The van der Waals surface area contributed by atoms with Crippen LogP contribution in [0.1, 0.15) is 84.4 Å². The largest absolute Gasteiger partial charge is 0.341 e. The van der Waals surface area contributed by atoms with E-state index in [4.69, 9.17) is 4.98 Å². The highest BCUT2D eigenvalue weighted by molar-refractivity contribution is 5.83. The maximum Gasteiger partial charge on any atom is 0.240 e. The van der Waals surface area contributed by atoms with Crippen LogP contribution in [0.3, 0.4) is 0 Å². The summed E-state index contributed by atoms with van der Waals surface area (Å²) < 4.78 is 0. The van der Waals surface area contributed by atoms with Gasteiger partial charge in [-0.3, -0.25) is 9.59 Å². The first-order valence-electron chi connectivity index (χ1n) is 18.4. The number of hydrogen-bond donors (Lipinski definition) is 4. The number of aromatic amines is 2. The lowest BCUT2D eigenvalue weighted by molar-refractivity contribution is -0.135. The highest BCUT2D eigenvalue weighted by atomic mass is 16.2. The van der Waals surface area contributed by atoms with Crippen LogP contribution in [0.15, 0.2) is 60.9 Å². The molecule has 0 aliphatic carbocycles. The van der Waals surface area contributed by atoms with E-state index in [-0.39, 0.29) is 29.9 Å². The summed E-state index contributed by atoms with van der Waals surface area (Å²) in [6, 6.07) is 16.5. The third-order valence-corrected chi connectivity index (χ3v) is 9.65. The maximum absolute atomic E-state index is 13.4. The lowest BCUT2D eigenvalue weighted by Gasteiger charge is -2.28. The van der Waals surface area contributed by atoms with E-state index in [9.17, 15) is 9.59 Å². The van der Waals surface area contributed by atoms with Crippen LogP contribution in [0.5, 0.6) is 0 Å². The highest BCUT2D eigenvalue weighted by Crippen LogP contribution is 2.33. The van der Waals surface area contributed by atoms with E-state index in [2.05, 4.69) is 109 Å². The smallest absolute Gasteiger partial charge is 0.240 e. The van der Waals surface area contributed by atoms with Gasteiger partial charge in [0.05, 0.1) is 48.5 Å². The molecule has 5 rings (SSSR count). The number of likely N-dealkylation sites (tertiary alicyclic amines) is 1. The van der Waals surface area contributed by atoms with Gasteiger partial charge in [0.25, 0.3) is 0 Å². The lowest BCUT2D eigenvalue weighted by atomic mass is 10.0. The zero-order valence-corrected chi connectivity index (χ0v) is 30.9. The van der Waals surface area contributed by atoms with Gasteiger partial charge in [0, 0.05) is 13.1 Å². The molecule has 0 unspecified atom stereocenters. The van der Waals surface area contributed by atoms with Gasteiger partial charge < -0.3 is 30.4 Å². The van der Waals surface area contributed by atoms with Crippen molar-refractivity contribution >= 4 is 11.8 Å². The molecule has 3 atom stereocenters. The molecule has 50 heavy (non-hydrogen) atoms. The molecule has 10 nitrogen and oxygen atoms in total. The van der Waals surface area contributed by atoms with Crippen molar-refractivity contribution in [3.05, 3.63) is 72.6 Å². The van der Waals surface area contributed by atoms with Crippen LogP contribution in [-0.2, 0) is 16.1 Å². The van der Waals surface area contributed by atoms with Crippen molar-refractivity contribution < 1.29 is 9.59 Å². The van der Waals surface area contributed by atoms with E-state index >= 15 is 0 Å². The molecule has 10 heteroatoms. The predicted molar refractivity (Wildman–Crippen MR) is 201 cm³/mol. The average Bonchev–Trinajstić information content (AvgIpc) is 3.90. The fraction of sp³-hybridized carbons (Fsp3) is 0.500. The molecular weight excluding hydrogens is 624 g/mol. The van der Waals surface area contributed by atoms with E-state index in [1.54, 1.807) is 0 Å². The third-order valence-electron chi connectivity index (χ3n) is 9.65. The zero-order valence-electron chi connectivity index (χ0n) is 30.9. The summed E-state index contributed by atoms with van der Waals surface area (Å²) in [5, 5.41) is 6.43. The second-order valence-corrected chi connectivity index (χ2v) is 14.5. The highest BCUT2D eigenvalue weighted by Gasteiger charge is 2.35. The SMILES string of the molecule is CCCN(Cc1ncc(-c2ccc(-c3ccc(-c4cnc([C@@H]5CCCN5C(=O)[C@H](CC(C)C)NC)[nH]4)cc3)cc2)[nH]1)C(=O)[C@H](CC(C)C)NC. The Morgan fingerprint density at radius 2 is 1.36 bits per heavy atom. The van der Waals surface area contributed by atoms with Crippen LogP contribution < -0.4 is 10.6 Å². The monoisotopic (exact) mass is 680 g/mol. The fourth-order valence-electron chi connectivity index (χ4n) is 7.01. The number of likely N-dealkylation sites (N-methyl/N-ethyl adjacent to an activating group) is 2. The molecule has 1 aliphatic heterocycles. The first-order chi connectivity index (χ1) is 24.1. The quantitative estimate of drug-likeness (QED) is 0.103. The molecule has 2 amide bonds. The molecule has 1 saturated heterocycles. The second kappa shape index (κ2) is 17.1. The van der Waals surface area contributed by atoms with Crippen molar-refractivity contribution in [2.45, 2.75) is 91.4 Å². The van der Waals surface area contributed by atoms with E-state index < -0.39 is 0 Å². The molecule has 3 heterocycles. The number of aromatic nitrogens is 4. The third kappa shape index (κ3) is 8.89. The molecule has 4 N–H and O–H groups in total. The van der Waals surface area contributed by atoms with Gasteiger partial charge in [0.15, 0.2) is 0 Å². The molecule has 0 saturated carbocycles. The minimum Gasteiger partial charge on any atom is -0.341 e. The first-order valence-corrected chi connectivity index (χ1v) is 18.4. The summed E-state index contributed by atoms with van der Waals surface area (Å²) in [5.74, 6) is 2.79. The number of carbonyl (C=O) groups excluding carboxylic acids is 2. The van der Waals surface area contributed by atoms with Crippen LogP contribution in [0.2, 0.25) is 0 Å². The molecule has 1 aliphatic rings.